The number of sulfonamides is 1. The Morgan fingerprint density at radius 2 is 1.88 bits per heavy atom. The van der Waals surface area contributed by atoms with Crippen LogP contribution >= 0.6 is 0 Å². The molecule has 2 heterocycles. The van der Waals surface area contributed by atoms with Crippen molar-refractivity contribution in [2.75, 3.05) is 24.7 Å². The molecule has 180 valence electrons. The molecule has 13 nitrogen and oxygen atoms in total. The van der Waals surface area contributed by atoms with Crippen molar-refractivity contribution in [3.8, 4) is 11.1 Å². The molecule has 0 aliphatic carbocycles. The van der Waals surface area contributed by atoms with Crippen LogP contribution in [0, 0.1) is 0 Å². The zero-order chi connectivity index (χ0) is 24.8. The number of aryl methyl sites for hydroxylation is 1. The highest BCUT2D eigenvalue weighted by molar-refractivity contribution is 7.93. The van der Waals surface area contributed by atoms with E-state index in [9.17, 15) is 21.9 Å². The summed E-state index contributed by atoms with van der Waals surface area (Å²) in [5.74, 6) is -0.676. The Labute approximate surface area is 195 Å². The molecule has 3 aromatic rings. The van der Waals surface area contributed by atoms with Gasteiger partial charge < -0.3 is 21.1 Å². The quantitative estimate of drug-likeness (QED) is 0.333. The maximum absolute atomic E-state index is 13.1. The van der Waals surface area contributed by atoms with Gasteiger partial charge in [-0.15, -0.1) is 5.11 Å². The number of nitrogen functional groups attached to an aromatic ring is 1. The first kappa shape index (κ1) is 23.9. The van der Waals surface area contributed by atoms with Gasteiger partial charge in [0.15, 0.2) is 22.3 Å². The molecule has 7 N–H and O–H groups in total. The molecule has 1 aromatic heterocycles. The fourth-order valence-corrected chi connectivity index (χ4v) is 6.80. The lowest BCUT2D eigenvalue weighted by atomic mass is 9.97. The maximum atomic E-state index is 13.1. The minimum atomic E-state index is -4.64. The number of fused-ring (bicyclic) bond motifs is 1. The van der Waals surface area contributed by atoms with E-state index in [0.717, 1.165) is 6.07 Å². The lowest BCUT2D eigenvalue weighted by Crippen LogP contribution is -2.30. The van der Waals surface area contributed by atoms with E-state index in [0.29, 0.717) is 16.6 Å². The molecule has 0 saturated heterocycles. The Hall–Kier alpha value is -3.24. The van der Waals surface area contributed by atoms with E-state index < -0.39 is 41.5 Å². The first-order chi connectivity index (χ1) is 16.0. The number of hydrogen-bond donors (Lipinski definition) is 4. The monoisotopic (exact) mass is 506 g/mol. The van der Waals surface area contributed by atoms with Crippen molar-refractivity contribution in [1.82, 2.24) is 9.55 Å². The minimum Gasteiger partial charge on any atom is -0.391 e. The highest BCUT2D eigenvalue weighted by atomic mass is 32.2. The molecule has 1 atom stereocenters. The van der Waals surface area contributed by atoms with E-state index in [1.165, 1.54) is 6.07 Å². The smallest absolute Gasteiger partial charge is 0.240 e. The number of aliphatic hydroxyl groups is 1. The van der Waals surface area contributed by atoms with Gasteiger partial charge in [-0.2, -0.15) is 5.11 Å². The molecule has 2 aromatic carbocycles. The highest BCUT2D eigenvalue weighted by Gasteiger charge is 2.34. The molecular formula is C19H22N8O5S2. The highest BCUT2D eigenvalue weighted by Crippen LogP contribution is 2.38. The molecule has 4 rings (SSSR count). The summed E-state index contributed by atoms with van der Waals surface area (Å²) in [6, 6.07) is 7.72. The fraction of sp³-hybridized carbons (Fsp3) is 0.263. The topological polar surface area (TPSA) is 221 Å². The molecule has 34 heavy (non-hydrogen) atoms. The number of benzene rings is 2. The third-order valence-corrected chi connectivity index (χ3v) is 8.29. The largest absolute Gasteiger partial charge is 0.391 e. The number of azo groups is 1. The third kappa shape index (κ3) is 4.07. The SMILES string of the molecule is Cn1c(N)nc2c(-c3ccc(S(=O)(=O)C[C@@H](O)CN)c(S(N)(=O)=O)c3C3=NCN=N3)cccc21. The van der Waals surface area contributed by atoms with Gasteiger partial charge in [0.25, 0.3) is 0 Å². The van der Waals surface area contributed by atoms with Gasteiger partial charge in [-0.25, -0.2) is 32.0 Å². The van der Waals surface area contributed by atoms with Crippen LogP contribution in [0.15, 0.2) is 55.3 Å². The number of imidazole rings is 1. The average molecular weight is 507 g/mol. The predicted molar refractivity (Wildman–Crippen MR) is 125 cm³/mol. The van der Waals surface area contributed by atoms with Crippen molar-refractivity contribution < 1.29 is 21.9 Å². The predicted octanol–water partition coefficient (Wildman–Crippen LogP) is -0.267. The first-order valence-electron chi connectivity index (χ1n) is 9.90. The number of nitrogens with zero attached hydrogens (tertiary/aromatic N) is 5. The molecule has 0 bridgehead atoms. The number of rotatable bonds is 7. The summed E-state index contributed by atoms with van der Waals surface area (Å²) in [4.78, 5) is 7.19. The summed E-state index contributed by atoms with van der Waals surface area (Å²) in [5, 5.41) is 23.1. The molecule has 0 spiro atoms. The van der Waals surface area contributed by atoms with E-state index >= 15 is 0 Å². The zero-order valence-corrected chi connectivity index (χ0v) is 19.6. The van der Waals surface area contributed by atoms with Crippen molar-refractivity contribution in [2.24, 2.45) is 33.1 Å². The number of amidine groups is 1. The first-order valence-corrected chi connectivity index (χ1v) is 13.1. The molecule has 0 radical (unpaired) electrons. The number of aliphatic hydroxyl groups excluding tert-OH is 1. The van der Waals surface area contributed by atoms with Gasteiger partial charge in [-0.05, 0) is 17.7 Å². The maximum Gasteiger partial charge on any atom is 0.240 e. The van der Waals surface area contributed by atoms with Crippen molar-refractivity contribution in [3.05, 3.63) is 35.9 Å². The normalized spacial score (nSPS) is 15.1. The number of aromatic nitrogens is 2. The molecule has 15 heteroatoms. The molecular weight excluding hydrogens is 484 g/mol. The lowest BCUT2D eigenvalue weighted by molar-refractivity contribution is 0.205. The van der Waals surface area contributed by atoms with E-state index in [1.807, 2.05) is 0 Å². The van der Waals surface area contributed by atoms with Crippen LogP contribution in [0.1, 0.15) is 5.56 Å². The number of para-hydroxylation sites is 1. The summed E-state index contributed by atoms with van der Waals surface area (Å²) in [6.45, 7) is -0.401. The Kier molecular flexibility index (Phi) is 5.99. The second-order valence-electron chi connectivity index (χ2n) is 7.60. The number of sulfone groups is 1. The molecule has 1 aliphatic heterocycles. The van der Waals surface area contributed by atoms with Crippen molar-refractivity contribution >= 4 is 42.7 Å². The van der Waals surface area contributed by atoms with Crippen LogP contribution in [-0.2, 0) is 26.9 Å². The van der Waals surface area contributed by atoms with Gasteiger partial charge in [0.05, 0.1) is 33.3 Å². The van der Waals surface area contributed by atoms with Crippen LogP contribution in [0.4, 0.5) is 5.95 Å². The van der Waals surface area contributed by atoms with Crippen LogP contribution in [0.25, 0.3) is 22.2 Å². The summed E-state index contributed by atoms with van der Waals surface area (Å²) >= 11 is 0. The Bertz CT molecular complexity index is 1580. The van der Waals surface area contributed by atoms with Crippen molar-refractivity contribution in [3.63, 3.8) is 0 Å². The van der Waals surface area contributed by atoms with Gasteiger partial charge in [-0.1, -0.05) is 18.2 Å². The summed E-state index contributed by atoms with van der Waals surface area (Å²) in [6.07, 6.45) is -1.41. The Morgan fingerprint density at radius 3 is 2.50 bits per heavy atom. The molecule has 0 saturated carbocycles. The second kappa shape index (κ2) is 8.52. The molecule has 0 unspecified atom stereocenters. The van der Waals surface area contributed by atoms with Crippen molar-refractivity contribution in [1.29, 1.82) is 0 Å². The molecule has 1 aliphatic rings. The van der Waals surface area contributed by atoms with Gasteiger partial charge >= 0.3 is 0 Å². The number of primary sulfonamides is 1. The standard InChI is InChI=1S/C19H22N8O5S2/c1-27-13-4-2-3-12(16(13)25-19(27)21)11-5-6-14(33(29,30)8-10(28)7-20)17(34(22,31)32)15(11)18-23-9-24-26-18/h2-6,10,28H,7-9,20H2,1H3,(H2,21,25)(H2,22,31,32)/t10-/m0/s1. The van der Waals surface area contributed by atoms with Crippen molar-refractivity contribution in [2.45, 2.75) is 15.9 Å². The van der Waals surface area contributed by atoms with Gasteiger partial charge in [0.2, 0.25) is 16.0 Å². The number of nitrogens with two attached hydrogens (primary N) is 3. The third-order valence-electron chi connectivity index (χ3n) is 5.33. The van der Waals surface area contributed by atoms with Crippen LogP contribution in [0.3, 0.4) is 0 Å². The molecule has 0 fully saturated rings. The van der Waals surface area contributed by atoms with E-state index in [1.54, 1.807) is 29.8 Å². The van der Waals surface area contributed by atoms with E-state index in [4.69, 9.17) is 16.6 Å². The van der Waals surface area contributed by atoms with Gasteiger partial charge in [0.1, 0.15) is 4.90 Å². The lowest BCUT2D eigenvalue weighted by Gasteiger charge is -2.18. The van der Waals surface area contributed by atoms with Gasteiger partial charge in [0, 0.05) is 19.2 Å². The Balaban J connectivity index is 2.13. The van der Waals surface area contributed by atoms with Crippen LogP contribution < -0.4 is 16.6 Å². The van der Waals surface area contributed by atoms with Crippen LogP contribution in [-0.4, -0.2) is 62.4 Å². The number of hydrogen-bond acceptors (Lipinski definition) is 11. The van der Waals surface area contributed by atoms with Gasteiger partial charge in [-0.3, -0.25) is 0 Å². The van der Waals surface area contributed by atoms with E-state index in [2.05, 4.69) is 20.2 Å². The summed E-state index contributed by atoms with van der Waals surface area (Å²) in [5.41, 5.74) is 13.0. The van der Waals surface area contributed by atoms with E-state index in [-0.39, 0.29) is 36.1 Å². The summed E-state index contributed by atoms with van der Waals surface area (Å²) in [7, 11) is -7.26. The Morgan fingerprint density at radius 1 is 1.15 bits per heavy atom. The molecule has 0 amide bonds. The zero-order valence-electron chi connectivity index (χ0n) is 18.0. The average Bonchev–Trinajstić information content (AvgIpc) is 3.40. The number of anilines is 1. The van der Waals surface area contributed by atoms with Crippen LogP contribution in [0.5, 0.6) is 0 Å². The summed E-state index contributed by atoms with van der Waals surface area (Å²) < 4.78 is 53.4. The second-order valence-corrected chi connectivity index (χ2v) is 11.1. The fourth-order valence-electron chi connectivity index (χ4n) is 3.76. The minimum absolute atomic E-state index is 0.0670. The number of aliphatic imine (C=N–C) groups is 1. The van der Waals surface area contributed by atoms with Crippen LogP contribution in [0.2, 0.25) is 0 Å².